The molecule has 0 saturated carbocycles. The maximum atomic E-state index is 12.3. The third kappa shape index (κ3) is 37.4. The summed E-state index contributed by atoms with van der Waals surface area (Å²) in [6, 6.07) is 0. The van der Waals surface area contributed by atoms with Gasteiger partial charge in [0, 0.05) is 12.8 Å². The highest BCUT2D eigenvalue weighted by Crippen LogP contribution is 2.30. The minimum Gasteiger partial charge on any atom is -0.756 e. The zero-order valence-corrected chi connectivity index (χ0v) is 31.7. The molecule has 0 saturated heterocycles. The smallest absolute Gasteiger partial charge is 0.306 e. The molecule has 1 N–H and O–H groups in total. The standard InChI is InChI=1S/C39H73O8P/c1-3-5-7-9-11-13-15-17-19-21-23-25-27-29-31-33-38(40)45-35-37(36-46-48(42,43)44)47-39(41)34-32-30-28-26-24-22-20-18-16-14-12-10-8-6-4-2/h17-20,37H,3-16,21-36H2,1-2H3,(H2,42,43,44)/p-1/b19-17-,20-18-/t37-/m0/s1. The summed E-state index contributed by atoms with van der Waals surface area (Å²) in [6.07, 6.45) is 38.7. The molecule has 9 heteroatoms. The number of carbonyl (C=O) groups excluding carboxylic acids is 2. The molecule has 0 bridgehead atoms. The van der Waals surface area contributed by atoms with Crippen molar-refractivity contribution in [3.05, 3.63) is 24.3 Å². The van der Waals surface area contributed by atoms with Crippen LogP contribution in [0, 0.1) is 0 Å². The summed E-state index contributed by atoms with van der Waals surface area (Å²) in [5.41, 5.74) is 0. The second kappa shape index (κ2) is 35.4. The number of hydrogen-bond donors (Lipinski definition) is 1. The van der Waals surface area contributed by atoms with Gasteiger partial charge in [0.1, 0.15) is 6.61 Å². The molecule has 8 nitrogen and oxygen atoms in total. The Labute approximate surface area is 294 Å². The average molecular weight is 700 g/mol. The normalized spacial score (nSPS) is 13.7. The van der Waals surface area contributed by atoms with Crippen molar-refractivity contribution < 1.29 is 37.9 Å². The summed E-state index contributed by atoms with van der Waals surface area (Å²) in [4.78, 5) is 44.6. The predicted octanol–water partition coefficient (Wildman–Crippen LogP) is 11.0. The van der Waals surface area contributed by atoms with E-state index >= 15 is 0 Å². The van der Waals surface area contributed by atoms with Crippen molar-refractivity contribution in [2.24, 2.45) is 0 Å². The number of hydrogen-bond acceptors (Lipinski definition) is 7. The van der Waals surface area contributed by atoms with Crippen molar-refractivity contribution in [2.45, 2.75) is 200 Å². The summed E-state index contributed by atoms with van der Waals surface area (Å²) >= 11 is 0. The van der Waals surface area contributed by atoms with E-state index in [1.54, 1.807) is 0 Å². The Hall–Kier alpha value is -1.47. The van der Waals surface area contributed by atoms with E-state index < -0.39 is 32.5 Å². The number of phosphoric acid groups is 1. The fourth-order valence-corrected chi connectivity index (χ4v) is 5.83. The van der Waals surface area contributed by atoms with Crippen LogP contribution in [-0.2, 0) is 28.2 Å². The highest BCUT2D eigenvalue weighted by Gasteiger charge is 2.19. The largest absolute Gasteiger partial charge is 0.756 e. The van der Waals surface area contributed by atoms with Crippen molar-refractivity contribution in [3.8, 4) is 0 Å². The molecule has 0 aromatic rings. The summed E-state index contributed by atoms with van der Waals surface area (Å²) in [5.74, 6) is -0.937. The molecule has 0 aromatic carbocycles. The number of esters is 2. The van der Waals surface area contributed by atoms with Crippen molar-refractivity contribution in [1.82, 2.24) is 0 Å². The Kier molecular flexibility index (Phi) is 34.3. The number of carbonyl (C=O) groups is 2. The Morgan fingerprint density at radius 2 is 0.917 bits per heavy atom. The van der Waals surface area contributed by atoms with Gasteiger partial charge in [-0.05, 0) is 64.2 Å². The fourth-order valence-electron chi connectivity index (χ4n) is 5.48. The van der Waals surface area contributed by atoms with Crippen LogP contribution in [0.25, 0.3) is 0 Å². The van der Waals surface area contributed by atoms with Crippen LogP contribution < -0.4 is 4.89 Å². The van der Waals surface area contributed by atoms with Gasteiger partial charge in [0.15, 0.2) is 6.10 Å². The lowest BCUT2D eigenvalue weighted by Gasteiger charge is -2.21. The van der Waals surface area contributed by atoms with Gasteiger partial charge in [-0.15, -0.1) is 0 Å². The molecule has 0 aliphatic heterocycles. The Bertz CT molecular complexity index is 838. The van der Waals surface area contributed by atoms with Crippen LogP contribution in [0.5, 0.6) is 0 Å². The molecule has 0 rings (SSSR count). The van der Waals surface area contributed by atoms with E-state index in [2.05, 4.69) is 42.7 Å². The molecule has 48 heavy (non-hydrogen) atoms. The van der Waals surface area contributed by atoms with Crippen LogP contribution in [0.4, 0.5) is 0 Å². The number of phosphoric ester groups is 1. The number of allylic oxidation sites excluding steroid dienone is 4. The van der Waals surface area contributed by atoms with E-state index in [1.165, 1.54) is 89.9 Å². The van der Waals surface area contributed by atoms with Gasteiger partial charge in [0.05, 0.1) is 6.61 Å². The van der Waals surface area contributed by atoms with Gasteiger partial charge >= 0.3 is 11.9 Å². The van der Waals surface area contributed by atoms with Crippen molar-refractivity contribution in [1.29, 1.82) is 0 Å². The lowest BCUT2D eigenvalue weighted by Crippen LogP contribution is -2.30. The van der Waals surface area contributed by atoms with E-state index in [1.807, 2.05) is 0 Å². The van der Waals surface area contributed by atoms with Crippen molar-refractivity contribution in [2.75, 3.05) is 13.2 Å². The molecule has 0 radical (unpaired) electrons. The molecule has 282 valence electrons. The first-order valence-corrected chi connectivity index (χ1v) is 21.1. The molecule has 0 aliphatic carbocycles. The lowest BCUT2D eigenvalue weighted by molar-refractivity contribution is -0.223. The number of ether oxygens (including phenoxy) is 2. The summed E-state index contributed by atoms with van der Waals surface area (Å²) < 4.78 is 26.0. The predicted molar refractivity (Wildman–Crippen MR) is 196 cm³/mol. The third-order valence-electron chi connectivity index (χ3n) is 8.44. The van der Waals surface area contributed by atoms with E-state index in [9.17, 15) is 19.0 Å². The first-order chi connectivity index (χ1) is 23.3. The first-order valence-electron chi connectivity index (χ1n) is 19.6. The average Bonchev–Trinajstić information content (AvgIpc) is 3.05. The topological polar surface area (TPSA) is 122 Å². The van der Waals surface area contributed by atoms with Crippen LogP contribution in [0.2, 0.25) is 0 Å². The van der Waals surface area contributed by atoms with Crippen molar-refractivity contribution >= 4 is 19.8 Å². The van der Waals surface area contributed by atoms with Crippen LogP contribution in [0.3, 0.4) is 0 Å². The van der Waals surface area contributed by atoms with Gasteiger partial charge in [-0.2, -0.15) is 0 Å². The maximum Gasteiger partial charge on any atom is 0.306 e. The molecular weight excluding hydrogens is 627 g/mol. The van der Waals surface area contributed by atoms with Gasteiger partial charge in [-0.3, -0.25) is 14.2 Å². The molecule has 0 aromatic heterocycles. The van der Waals surface area contributed by atoms with Crippen molar-refractivity contribution in [3.63, 3.8) is 0 Å². The molecule has 2 atom stereocenters. The van der Waals surface area contributed by atoms with Crippen LogP contribution >= 0.6 is 7.82 Å². The van der Waals surface area contributed by atoms with Gasteiger partial charge in [-0.1, -0.05) is 141 Å². The third-order valence-corrected chi connectivity index (χ3v) is 8.91. The van der Waals surface area contributed by atoms with E-state index in [0.717, 1.165) is 64.2 Å². The summed E-state index contributed by atoms with van der Waals surface area (Å²) in [5, 5.41) is 0. The van der Waals surface area contributed by atoms with Crippen LogP contribution in [-0.4, -0.2) is 36.1 Å². The zero-order valence-electron chi connectivity index (χ0n) is 30.9. The molecule has 0 fully saturated rings. The maximum absolute atomic E-state index is 12.3. The van der Waals surface area contributed by atoms with E-state index in [4.69, 9.17) is 14.4 Å². The van der Waals surface area contributed by atoms with Crippen LogP contribution in [0.15, 0.2) is 24.3 Å². The van der Waals surface area contributed by atoms with Gasteiger partial charge in [0.2, 0.25) is 0 Å². The molecule has 0 spiro atoms. The lowest BCUT2D eigenvalue weighted by atomic mass is 10.1. The Balaban J connectivity index is 3.97. The SMILES string of the molecule is CCCCCCCC/C=C\CCCCCCCC(=O)OC[C@@H](COP(=O)([O-])O)OC(=O)CCCCCCC/C=C\CCCCCCCC. The Morgan fingerprint density at radius 3 is 1.31 bits per heavy atom. The molecule has 0 aliphatic rings. The quantitative estimate of drug-likeness (QED) is 0.0297. The van der Waals surface area contributed by atoms with Gasteiger partial charge in [0.25, 0.3) is 7.82 Å². The molecule has 1 unspecified atom stereocenters. The van der Waals surface area contributed by atoms with E-state index in [0.29, 0.717) is 12.8 Å². The summed E-state index contributed by atoms with van der Waals surface area (Å²) in [7, 11) is -5.00. The van der Waals surface area contributed by atoms with Gasteiger partial charge < -0.3 is 23.8 Å². The van der Waals surface area contributed by atoms with Crippen LogP contribution in [0.1, 0.15) is 194 Å². The highest BCUT2D eigenvalue weighted by molar-refractivity contribution is 7.44. The van der Waals surface area contributed by atoms with Gasteiger partial charge in [-0.25, -0.2) is 0 Å². The number of rotatable bonds is 36. The minimum absolute atomic E-state index is 0.186. The minimum atomic E-state index is -5.00. The first kappa shape index (κ1) is 46.5. The molecular formula is C39H72O8P-. The second-order valence-electron chi connectivity index (χ2n) is 13.2. The Morgan fingerprint density at radius 1 is 0.562 bits per heavy atom. The van der Waals surface area contributed by atoms with E-state index in [-0.39, 0.29) is 19.4 Å². The number of unbranched alkanes of at least 4 members (excludes halogenated alkanes) is 22. The highest BCUT2D eigenvalue weighted by atomic mass is 31.2. The molecule has 0 amide bonds. The summed E-state index contributed by atoms with van der Waals surface area (Å²) in [6.45, 7) is 3.57. The monoisotopic (exact) mass is 699 g/mol. The fraction of sp³-hybridized carbons (Fsp3) is 0.846. The zero-order chi connectivity index (χ0) is 35.4. The second-order valence-corrected chi connectivity index (χ2v) is 14.4. The molecule has 0 heterocycles.